The van der Waals surface area contributed by atoms with Gasteiger partial charge in [-0.15, -0.1) is 11.3 Å². The van der Waals surface area contributed by atoms with E-state index in [0.717, 1.165) is 0 Å². The van der Waals surface area contributed by atoms with Crippen LogP contribution in [0.25, 0.3) is 0 Å². The first-order chi connectivity index (χ1) is 9.52. The summed E-state index contributed by atoms with van der Waals surface area (Å²) >= 11 is 1.29. The number of nitrogens with zero attached hydrogens (tertiary/aromatic N) is 1. The van der Waals surface area contributed by atoms with Gasteiger partial charge in [0.25, 0.3) is 5.91 Å². The molecule has 0 bridgehead atoms. The molecule has 1 saturated carbocycles. The van der Waals surface area contributed by atoms with Crippen molar-refractivity contribution in [3.63, 3.8) is 0 Å². The molecular formula is C13H20N4O2S. The molecule has 7 heteroatoms. The van der Waals surface area contributed by atoms with Crippen LogP contribution < -0.4 is 16.8 Å². The molecule has 1 aliphatic rings. The van der Waals surface area contributed by atoms with Crippen molar-refractivity contribution in [2.75, 3.05) is 25.5 Å². The standard InChI is InChI=1S/C13H20N4O2S/c1-17(10(6-14)8-2-3-8)7-11(18)16-13-9(12(15)19)4-5-20-13/h4-5,8,10H,2-3,6-7,14H2,1H3,(H2,15,19)(H,16,18). The van der Waals surface area contributed by atoms with E-state index in [1.54, 1.807) is 11.4 Å². The summed E-state index contributed by atoms with van der Waals surface area (Å²) in [6.45, 7) is 0.814. The molecule has 0 radical (unpaired) electrons. The number of primary amides is 1. The lowest BCUT2D eigenvalue weighted by atomic mass is 10.1. The fraction of sp³-hybridized carbons (Fsp3) is 0.538. The van der Waals surface area contributed by atoms with Gasteiger partial charge in [-0.25, -0.2) is 0 Å². The minimum absolute atomic E-state index is 0.156. The van der Waals surface area contributed by atoms with Gasteiger partial charge in [-0.3, -0.25) is 14.5 Å². The van der Waals surface area contributed by atoms with E-state index in [1.165, 1.54) is 24.2 Å². The fourth-order valence-electron chi connectivity index (χ4n) is 2.32. The molecule has 0 spiro atoms. The molecule has 1 atom stereocenters. The summed E-state index contributed by atoms with van der Waals surface area (Å²) in [6.07, 6.45) is 2.37. The predicted molar refractivity (Wildman–Crippen MR) is 79.7 cm³/mol. The third kappa shape index (κ3) is 3.56. The van der Waals surface area contributed by atoms with E-state index < -0.39 is 5.91 Å². The number of hydrogen-bond donors (Lipinski definition) is 3. The topological polar surface area (TPSA) is 101 Å². The van der Waals surface area contributed by atoms with E-state index >= 15 is 0 Å². The monoisotopic (exact) mass is 296 g/mol. The Morgan fingerprint density at radius 2 is 2.25 bits per heavy atom. The molecular weight excluding hydrogens is 276 g/mol. The molecule has 1 aromatic rings. The van der Waals surface area contributed by atoms with Crippen LogP contribution in [-0.2, 0) is 4.79 Å². The zero-order valence-corrected chi connectivity index (χ0v) is 12.3. The third-order valence-corrected chi connectivity index (χ3v) is 4.38. The molecule has 110 valence electrons. The quantitative estimate of drug-likeness (QED) is 0.680. The van der Waals surface area contributed by atoms with Crippen molar-refractivity contribution in [2.24, 2.45) is 17.4 Å². The van der Waals surface area contributed by atoms with E-state index in [9.17, 15) is 9.59 Å². The average molecular weight is 296 g/mol. The van der Waals surface area contributed by atoms with E-state index in [4.69, 9.17) is 11.5 Å². The molecule has 1 aromatic heterocycles. The van der Waals surface area contributed by atoms with Crippen LogP contribution in [0, 0.1) is 5.92 Å². The van der Waals surface area contributed by atoms with Gasteiger partial charge < -0.3 is 16.8 Å². The number of thiophene rings is 1. The van der Waals surface area contributed by atoms with Crippen LogP contribution in [-0.4, -0.2) is 42.9 Å². The maximum absolute atomic E-state index is 12.0. The van der Waals surface area contributed by atoms with Gasteiger partial charge in [-0.1, -0.05) is 0 Å². The zero-order chi connectivity index (χ0) is 14.7. The number of nitrogens with two attached hydrogens (primary N) is 2. The van der Waals surface area contributed by atoms with Crippen molar-refractivity contribution < 1.29 is 9.59 Å². The fourth-order valence-corrected chi connectivity index (χ4v) is 3.13. The van der Waals surface area contributed by atoms with Crippen LogP contribution in [0.15, 0.2) is 11.4 Å². The van der Waals surface area contributed by atoms with Gasteiger partial charge in [0.1, 0.15) is 5.00 Å². The van der Waals surface area contributed by atoms with Crippen molar-refractivity contribution in [2.45, 2.75) is 18.9 Å². The molecule has 5 N–H and O–H groups in total. The first kappa shape index (κ1) is 15.0. The Labute approximate surface area is 122 Å². The molecule has 0 aromatic carbocycles. The molecule has 6 nitrogen and oxygen atoms in total. The zero-order valence-electron chi connectivity index (χ0n) is 11.5. The highest BCUT2D eigenvalue weighted by molar-refractivity contribution is 7.14. The lowest BCUT2D eigenvalue weighted by Gasteiger charge is -2.26. The van der Waals surface area contributed by atoms with Crippen molar-refractivity contribution in [3.8, 4) is 0 Å². The Kier molecular flexibility index (Phi) is 4.74. The Morgan fingerprint density at radius 3 is 2.80 bits per heavy atom. The van der Waals surface area contributed by atoms with Gasteiger partial charge in [0.2, 0.25) is 5.91 Å². The van der Waals surface area contributed by atoms with Crippen LogP contribution in [0.2, 0.25) is 0 Å². The summed E-state index contributed by atoms with van der Waals surface area (Å²) in [5, 5.41) is 4.97. The molecule has 0 aliphatic heterocycles. The second-order valence-electron chi connectivity index (χ2n) is 5.13. The lowest BCUT2D eigenvalue weighted by Crippen LogP contribution is -2.43. The highest BCUT2D eigenvalue weighted by atomic mass is 32.1. The summed E-state index contributed by atoms with van der Waals surface area (Å²) in [5.74, 6) is -0.0787. The third-order valence-electron chi connectivity index (χ3n) is 3.55. The van der Waals surface area contributed by atoms with Gasteiger partial charge in [0.15, 0.2) is 0 Å². The number of carbonyl (C=O) groups is 2. The lowest BCUT2D eigenvalue weighted by molar-refractivity contribution is -0.117. The molecule has 1 aliphatic carbocycles. The van der Waals surface area contributed by atoms with E-state index in [0.29, 0.717) is 23.0 Å². The predicted octanol–water partition coefficient (Wildman–Crippen LogP) is 0.455. The summed E-state index contributed by atoms with van der Waals surface area (Å²) in [5.41, 5.74) is 11.4. The summed E-state index contributed by atoms with van der Waals surface area (Å²) in [7, 11) is 1.90. The van der Waals surface area contributed by atoms with Crippen molar-refractivity contribution in [3.05, 3.63) is 17.0 Å². The van der Waals surface area contributed by atoms with Crippen LogP contribution in [0.4, 0.5) is 5.00 Å². The van der Waals surface area contributed by atoms with Gasteiger partial charge >= 0.3 is 0 Å². The number of rotatable bonds is 7. The second-order valence-corrected chi connectivity index (χ2v) is 6.05. The SMILES string of the molecule is CN(CC(=O)Nc1sccc1C(N)=O)C(CN)C1CC1. The minimum atomic E-state index is -0.535. The molecule has 2 rings (SSSR count). The van der Waals surface area contributed by atoms with E-state index in [-0.39, 0.29) is 18.5 Å². The Morgan fingerprint density at radius 1 is 1.55 bits per heavy atom. The average Bonchev–Trinajstić information content (AvgIpc) is 3.08. The first-order valence-electron chi connectivity index (χ1n) is 6.60. The number of hydrogen-bond acceptors (Lipinski definition) is 5. The Balaban J connectivity index is 1.91. The first-order valence-corrected chi connectivity index (χ1v) is 7.48. The smallest absolute Gasteiger partial charge is 0.251 e. The van der Waals surface area contributed by atoms with Crippen LogP contribution in [0.1, 0.15) is 23.2 Å². The van der Waals surface area contributed by atoms with Crippen molar-refractivity contribution in [1.29, 1.82) is 0 Å². The molecule has 0 saturated heterocycles. The Bertz CT molecular complexity index is 498. The summed E-state index contributed by atoms with van der Waals surface area (Å²) in [6, 6.07) is 1.86. The van der Waals surface area contributed by atoms with Gasteiger partial charge in [0.05, 0.1) is 12.1 Å². The van der Waals surface area contributed by atoms with Gasteiger partial charge in [0, 0.05) is 12.6 Å². The van der Waals surface area contributed by atoms with E-state index in [1.807, 2.05) is 11.9 Å². The van der Waals surface area contributed by atoms with Crippen molar-refractivity contribution >= 4 is 28.2 Å². The van der Waals surface area contributed by atoms with Crippen molar-refractivity contribution in [1.82, 2.24) is 4.90 Å². The van der Waals surface area contributed by atoms with E-state index in [2.05, 4.69) is 5.32 Å². The maximum atomic E-state index is 12.0. The molecule has 1 heterocycles. The highest BCUT2D eigenvalue weighted by Crippen LogP contribution is 2.34. The number of likely N-dealkylation sites (N-methyl/N-ethyl adjacent to an activating group) is 1. The molecule has 1 fully saturated rings. The summed E-state index contributed by atoms with van der Waals surface area (Å²) in [4.78, 5) is 25.2. The second kappa shape index (κ2) is 6.34. The largest absolute Gasteiger partial charge is 0.366 e. The van der Waals surface area contributed by atoms with Crippen LogP contribution in [0.5, 0.6) is 0 Å². The van der Waals surface area contributed by atoms with Crippen LogP contribution >= 0.6 is 11.3 Å². The van der Waals surface area contributed by atoms with Gasteiger partial charge in [-0.05, 0) is 37.3 Å². The number of nitrogens with one attached hydrogen (secondary N) is 1. The highest BCUT2D eigenvalue weighted by Gasteiger charge is 2.33. The number of carbonyl (C=O) groups excluding carboxylic acids is 2. The normalized spacial score (nSPS) is 16.1. The number of anilines is 1. The van der Waals surface area contributed by atoms with Gasteiger partial charge in [-0.2, -0.15) is 0 Å². The van der Waals surface area contributed by atoms with Crippen LogP contribution in [0.3, 0.4) is 0 Å². The molecule has 2 amide bonds. The molecule has 20 heavy (non-hydrogen) atoms. The summed E-state index contributed by atoms with van der Waals surface area (Å²) < 4.78 is 0. The minimum Gasteiger partial charge on any atom is -0.366 e. The Hall–Kier alpha value is -1.44. The number of amides is 2. The maximum Gasteiger partial charge on any atom is 0.251 e. The molecule has 1 unspecified atom stereocenters.